The van der Waals surface area contributed by atoms with Crippen LogP contribution < -0.4 is 5.32 Å². The molecule has 0 radical (unpaired) electrons. The smallest absolute Gasteiger partial charge is 0.00136 e. The zero-order valence-corrected chi connectivity index (χ0v) is 12.2. The van der Waals surface area contributed by atoms with E-state index in [1.807, 2.05) is 0 Å². The van der Waals surface area contributed by atoms with Crippen molar-refractivity contribution < 1.29 is 0 Å². The van der Waals surface area contributed by atoms with Gasteiger partial charge in [-0.25, -0.2) is 0 Å². The Balaban J connectivity index is 2.03. The molecule has 0 aromatic heterocycles. The molecule has 0 aromatic carbocycles. The molecule has 1 rings (SSSR count). The fourth-order valence-corrected chi connectivity index (χ4v) is 2.64. The lowest BCUT2D eigenvalue weighted by Crippen LogP contribution is -2.26. The molecule has 1 N–H and O–H groups in total. The van der Waals surface area contributed by atoms with Crippen LogP contribution in [0.3, 0.4) is 0 Å². The molecule has 2 heteroatoms. The normalized spacial score (nSPS) is 21.4. The highest BCUT2D eigenvalue weighted by Crippen LogP contribution is 2.29. The van der Waals surface area contributed by atoms with Crippen molar-refractivity contribution in [1.82, 2.24) is 10.2 Å². The van der Waals surface area contributed by atoms with Crippen molar-refractivity contribution in [2.75, 3.05) is 32.7 Å². The highest BCUT2D eigenvalue weighted by molar-refractivity contribution is 4.76. The second kappa shape index (κ2) is 8.10. The third kappa shape index (κ3) is 7.05. The first-order chi connectivity index (χ1) is 8.14. The van der Waals surface area contributed by atoms with Crippen LogP contribution in [0.2, 0.25) is 0 Å². The molecule has 0 saturated carbocycles. The number of likely N-dealkylation sites (tertiary alicyclic amines) is 1. The Bertz CT molecular complexity index is 189. The quantitative estimate of drug-likeness (QED) is 0.687. The van der Waals surface area contributed by atoms with Crippen LogP contribution in [-0.4, -0.2) is 37.6 Å². The van der Waals surface area contributed by atoms with E-state index in [9.17, 15) is 0 Å². The molecule has 1 aliphatic rings. The Morgan fingerprint density at radius 1 is 1.06 bits per heavy atom. The number of nitrogens with one attached hydrogen (secondary N) is 1. The summed E-state index contributed by atoms with van der Waals surface area (Å²) in [6.07, 6.45) is 8.28. The molecule has 0 unspecified atom stereocenters. The van der Waals surface area contributed by atoms with E-state index in [2.05, 4.69) is 31.0 Å². The van der Waals surface area contributed by atoms with E-state index in [0.29, 0.717) is 5.41 Å². The van der Waals surface area contributed by atoms with Gasteiger partial charge < -0.3 is 10.2 Å². The summed E-state index contributed by atoms with van der Waals surface area (Å²) in [6.45, 7) is 13.3. The first kappa shape index (κ1) is 15.0. The average Bonchev–Trinajstić information content (AvgIpc) is 2.45. The molecule has 1 aliphatic heterocycles. The molecule has 0 spiro atoms. The molecular formula is C15H32N2. The summed E-state index contributed by atoms with van der Waals surface area (Å²) >= 11 is 0. The van der Waals surface area contributed by atoms with Gasteiger partial charge in [0.25, 0.3) is 0 Å². The number of rotatable bonds is 7. The molecule has 0 bridgehead atoms. The van der Waals surface area contributed by atoms with Crippen molar-refractivity contribution in [3.8, 4) is 0 Å². The Labute approximate surface area is 108 Å². The molecule has 1 fully saturated rings. The molecule has 102 valence electrons. The van der Waals surface area contributed by atoms with Crippen LogP contribution in [0.4, 0.5) is 0 Å². The fourth-order valence-electron chi connectivity index (χ4n) is 2.64. The maximum absolute atomic E-state index is 3.39. The van der Waals surface area contributed by atoms with Gasteiger partial charge in [0, 0.05) is 0 Å². The highest BCUT2D eigenvalue weighted by Gasteiger charge is 2.22. The van der Waals surface area contributed by atoms with E-state index in [4.69, 9.17) is 0 Å². The van der Waals surface area contributed by atoms with Gasteiger partial charge in [-0.15, -0.1) is 0 Å². The molecule has 0 amide bonds. The predicted octanol–water partition coefficient (Wildman–Crippen LogP) is 3.28. The predicted molar refractivity (Wildman–Crippen MR) is 76.5 cm³/mol. The SMILES string of the molecule is CCNCCCCCN1CCCC(C)(C)CC1. The van der Waals surface area contributed by atoms with E-state index >= 15 is 0 Å². The molecule has 1 heterocycles. The summed E-state index contributed by atoms with van der Waals surface area (Å²) in [5.41, 5.74) is 0.583. The van der Waals surface area contributed by atoms with Crippen LogP contribution in [0.15, 0.2) is 0 Å². The summed E-state index contributed by atoms with van der Waals surface area (Å²) in [5, 5.41) is 3.39. The number of hydrogen-bond donors (Lipinski definition) is 1. The van der Waals surface area contributed by atoms with Crippen molar-refractivity contribution in [1.29, 1.82) is 0 Å². The standard InChI is InChI=1S/C15H32N2/c1-4-16-11-6-5-7-12-17-13-8-9-15(2,3)10-14-17/h16H,4-14H2,1-3H3. The van der Waals surface area contributed by atoms with Crippen LogP contribution in [0, 0.1) is 5.41 Å². The Kier molecular flexibility index (Phi) is 7.14. The van der Waals surface area contributed by atoms with Crippen LogP contribution in [0.5, 0.6) is 0 Å². The first-order valence-electron chi connectivity index (χ1n) is 7.57. The van der Waals surface area contributed by atoms with Crippen molar-refractivity contribution in [3.05, 3.63) is 0 Å². The molecule has 0 aliphatic carbocycles. The lowest BCUT2D eigenvalue weighted by Gasteiger charge is -2.23. The number of nitrogens with zero attached hydrogens (tertiary/aromatic N) is 1. The molecule has 2 nitrogen and oxygen atoms in total. The van der Waals surface area contributed by atoms with Crippen molar-refractivity contribution in [2.45, 2.75) is 59.3 Å². The van der Waals surface area contributed by atoms with Gasteiger partial charge in [-0.2, -0.15) is 0 Å². The van der Waals surface area contributed by atoms with Crippen LogP contribution in [0.1, 0.15) is 59.3 Å². The van der Waals surface area contributed by atoms with Crippen molar-refractivity contribution >= 4 is 0 Å². The lowest BCUT2D eigenvalue weighted by atomic mass is 9.85. The summed E-state index contributed by atoms with van der Waals surface area (Å²) in [7, 11) is 0. The first-order valence-corrected chi connectivity index (χ1v) is 7.57. The third-order valence-corrected chi connectivity index (χ3v) is 4.01. The maximum Gasteiger partial charge on any atom is -0.00136 e. The van der Waals surface area contributed by atoms with E-state index in [1.54, 1.807) is 0 Å². The van der Waals surface area contributed by atoms with Gasteiger partial charge in [-0.05, 0) is 70.2 Å². The second-order valence-electron chi connectivity index (χ2n) is 6.27. The minimum atomic E-state index is 0.583. The van der Waals surface area contributed by atoms with Crippen molar-refractivity contribution in [3.63, 3.8) is 0 Å². The molecule has 17 heavy (non-hydrogen) atoms. The summed E-state index contributed by atoms with van der Waals surface area (Å²) in [5.74, 6) is 0. The minimum absolute atomic E-state index is 0.583. The average molecular weight is 240 g/mol. The minimum Gasteiger partial charge on any atom is -0.317 e. The van der Waals surface area contributed by atoms with Crippen LogP contribution in [-0.2, 0) is 0 Å². The topological polar surface area (TPSA) is 15.3 Å². The van der Waals surface area contributed by atoms with Crippen molar-refractivity contribution in [2.24, 2.45) is 5.41 Å². The van der Waals surface area contributed by atoms with Gasteiger partial charge in [-0.3, -0.25) is 0 Å². The molecule has 0 aromatic rings. The largest absolute Gasteiger partial charge is 0.317 e. The van der Waals surface area contributed by atoms with E-state index in [1.165, 1.54) is 64.7 Å². The second-order valence-corrected chi connectivity index (χ2v) is 6.27. The van der Waals surface area contributed by atoms with E-state index in [0.717, 1.165) is 6.54 Å². The Hall–Kier alpha value is -0.0800. The highest BCUT2D eigenvalue weighted by atomic mass is 15.1. The van der Waals surface area contributed by atoms with Gasteiger partial charge in [0.15, 0.2) is 0 Å². The Morgan fingerprint density at radius 3 is 2.65 bits per heavy atom. The number of hydrogen-bond acceptors (Lipinski definition) is 2. The van der Waals surface area contributed by atoms with Gasteiger partial charge in [0.2, 0.25) is 0 Å². The summed E-state index contributed by atoms with van der Waals surface area (Å²) < 4.78 is 0. The zero-order valence-electron chi connectivity index (χ0n) is 12.2. The summed E-state index contributed by atoms with van der Waals surface area (Å²) in [4.78, 5) is 2.68. The van der Waals surface area contributed by atoms with Gasteiger partial charge in [-0.1, -0.05) is 27.2 Å². The van der Waals surface area contributed by atoms with Gasteiger partial charge in [0.1, 0.15) is 0 Å². The van der Waals surface area contributed by atoms with Crippen LogP contribution >= 0.6 is 0 Å². The monoisotopic (exact) mass is 240 g/mol. The molecule has 1 saturated heterocycles. The van der Waals surface area contributed by atoms with E-state index in [-0.39, 0.29) is 0 Å². The van der Waals surface area contributed by atoms with Gasteiger partial charge >= 0.3 is 0 Å². The van der Waals surface area contributed by atoms with Crippen LogP contribution in [0.25, 0.3) is 0 Å². The van der Waals surface area contributed by atoms with Gasteiger partial charge in [0.05, 0.1) is 0 Å². The maximum atomic E-state index is 3.39. The lowest BCUT2D eigenvalue weighted by molar-refractivity contribution is 0.257. The third-order valence-electron chi connectivity index (χ3n) is 4.01. The molecule has 0 atom stereocenters. The number of unbranched alkanes of at least 4 members (excludes halogenated alkanes) is 2. The zero-order chi connectivity index (χ0) is 12.6. The summed E-state index contributed by atoms with van der Waals surface area (Å²) in [6, 6.07) is 0. The molecular weight excluding hydrogens is 208 g/mol. The Morgan fingerprint density at radius 2 is 1.88 bits per heavy atom. The van der Waals surface area contributed by atoms with E-state index < -0.39 is 0 Å². The fraction of sp³-hybridized carbons (Fsp3) is 1.00.